The molecule has 0 saturated heterocycles. The lowest BCUT2D eigenvalue weighted by Gasteiger charge is -1.95. The lowest BCUT2D eigenvalue weighted by atomic mass is 10.5. The van der Waals surface area contributed by atoms with Gasteiger partial charge in [0.05, 0.1) is 19.8 Å². The van der Waals surface area contributed by atoms with Gasteiger partial charge in [0.2, 0.25) is 0 Å². The molecular formula is C9H15N2OS+. The van der Waals surface area contributed by atoms with Crippen LogP contribution in [-0.2, 0) is 18.9 Å². The van der Waals surface area contributed by atoms with E-state index >= 15 is 0 Å². The van der Waals surface area contributed by atoms with Gasteiger partial charge in [0.25, 0.3) is 0 Å². The van der Waals surface area contributed by atoms with Crippen LogP contribution in [0.1, 0.15) is 12.6 Å². The summed E-state index contributed by atoms with van der Waals surface area (Å²) in [5.41, 5.74) is 1.20. The molecule has 13 heavy (non-hydrogen) atoms. The van der Waals surface area contributed by atoms with E-state index in [0.29, 0.717) is 5.75 Å². The molecule has 0 saturated carbocycles. The van der Waals surface area contributed by atoms with Crippen LogP contribution < -0.4 is 4.57 Å². The average molecular weight is 199 g/mol. The van der Waals surface area contributed by atoms with Crippen molar-refractivity contribution >= 4 is 17.5 Å². The number of aromatic nitrogens is 2. The molecule has 0 N–H and O–H groups in total. The Morgan fingerprint density at radius 1 is 1.69 bits per heavy atom. The van der Waals surface area contributed by atoms with Gasteiger partial charge in [0.15, 0.2) is 0 Å². The Morgan fingerprint density at radius 2 is 2.31 bits per heavy atom. The number of carbonyl (C=O) groups excluding carboxylic acids is 1. The fraction of sp³-hybridized carbons (Fsp3) is 0.556. The first-order chi connectivity index (χ1) is 6.02. The highest BCUT2D eigenvalue weighted by atomic mass is 32.2. The number of imidazole rings is 1. The van der Waals surface area contributed by atoms with E-state index in [2.05, 4.69) is 17.7 Å². The maximum atomic E-state index is 10.8. The second-order valence-corrected chi connectivity index (χ2v) is 4.16. The number of aryl methyl sites for hydroxylation is 2. The summed E-state index contributed by atoms with van der Waals surface area (Å²) in [4.78, 5) is 10.8. The largest absolute Gasteiger partial charge is 0.318 e. The lowest BCUT2D eigenvalue weighted by Crippen LogP contribution is -2.28. The minimum atomic E-state index is 0.212. The zero-order valence-electron chi connectivity index (χ0n) is 8.50. The molecule has 0 aromatic carbocycles. The van der Waals surface area contributed by atoms with Gasteiger partial charge in [-0.15, -0.1) is 0 Å². The number of hydrogen-bond donors (Lipinski definition) is 0. The van der Waals surface area contributed by atoms with E-state index < -0.39 is 0 Å². The molecular weight excluding hydrogens is 184 g/mol. The van der Waals surface area contributed by atoms with Crippen LogP contribution in [0.25, 0.3) is 0 Å². The normalized spacial score (nSPS) is 10.5. The van der Waals surface area contributed by atoms with E-state index in [9.17, 15) is 4.79 Å². The number of carbonyl (C=O) groups is 1. The maximum absolute atomic E-state index is 10.8. The highest BCUT2D eigenvalue weighted by Gasteiger charge is 2.16. The summed E-state index contributed by atoms with van der Waals surface area (Å²) < 4.78 is 4.14. The predicted octanol–water partition coefficient (Wildman–Crippen LogP) is 0.839. The molecule has 1 heterocycles. The van der Waals surface area contributed by atoms with E-state index in [4.69, 9.17) is 0 Å². The van der Waals surface area contributed by atoms with E-state index in [0.717, 1.165) is 5.16 Å². The number of hydrogen-bond acceptors (Lipinski definition) is 2. The molecule has 0 radical (unpaired) electrons. The van der Waals surface area contributed by atoms with Gasteiger partial charge >= 0.3 is 5.16 Å². The van der Waals surface area contributed by atoms with Crippen LogP contribution in [0.15, 0.2) is 11.4 Å². The summed E-state index contributed by atoms with van der Waals surface area (Å²) in [6.45, 7) is 3.67. The summed E-state index contributed by atoms with van der Waals surface area (Å²) in [7, 11) is 4.01. The van der Waals surface area contributed by atoms with Crippen molar-refractivity contribution in [2.75, 3.05) is 5.75 Å². The summed E-state index contributed by atoms with van der Waals surface area (Å²) in [5, 5.41) is 1.12. The third kappa shape index (κ3) is 2.34. The van der Waals surface area contributed by atoms with E-state index in [1.165, 1.54) is 5.69 Å². The van der Waals surface area contributed by atoms with Crippen molar-refractivity contribution in [1.82, 2.24) is 4.57 Å². The lowest BCUT2D eigenvalue weighted by molar-refractivity contribution is -0.709. The van der Waals surface area contributed by atoms with Crippen molar-refractivity contribution in [1.29, 1.82) is 0 Å². The van der Waals surface area contributed by atoms with Gasteiger partial charge in [-0.25, -0.2) is 9.13 Å². The number of rotatable bonds is 3. The Morgan fingerprint density at radius 3 is 2.69 bits per heavy atom. The number of ketones is 1. The molecule has 0 aliphatic carbocycles. The second kappa shape index (κ2) is 3.96. The van der Waals surface area contributed by atoms with Crippen LogP contribution in [-0.4, -0.2) is 16.1 Å². The topological polar surface area (TPSA) is 25.9 Å². The van der Waals surface area contributed by atoms with Crippen molar-refractivity contribution in [2.24, 2.45) is 14.1 Å². The molecule has 0 atom stereocenters. The van der Waals surface area contributed by atoms with Crippen molar-refractivity contribution in [2.45, 2.75) is 19.0 Å². The smallest absolute Gasteiger partial charge is 0.299 e. The molecule has 0 amide bonds. The zero-order chi connectivity index (χ0) is 10.0. The molecule has 3 nitrogen and oxygen atoms in total. The molecule has 4 heteroatoms. The van der Waals surface area contributed by atoms with Crippen LogP contribution in [0, 0.1) is 6.92 Å². The van der Waals surface area contributed by atoms with Crippen LogP contribution in [0.4, 0.5) is 0 Å². The zero-order valence-corrected chi connectivity index (χ0v) is 9.31. The van der Waals surface area contributed by atoms with E-state index in [-0.39, 0.29) is 5.78 Å². The van der Waals surface area contributed by atoms with Crippen LogP contribution in [0.3, 0.4) is 0 Å². The Hall–Kier alpha value is -0.770. The number of Topliss-reactive ketones (excluding diaryl/α,β-unsaturated/α-hetero) is 1. The minimum absolute atomic E-state index is 0.212. The molecule has 0 fully saturated rings. The summed E-state index contributed by atoms with van der Waals surface area (Å²) >= 11 is 1.58. The molecule has 0 aliphatic heterocycles. The molecule has 0 bridgehead atoms. The van der Waals surface area contributed by atoms with Crippen LogP contribution in [0.5, 0.6) is 0 Å². The minimum Gasteiger partial charge on any atom is -0.299 e. The second-order valence-electron chi connectivity index (χ2n) is 3.21. The predicted molar refractivity (Wildman–Crippen MR) is 52.7 cm³/mol. The molecule has 0 unspecified atom stereocenters. The van der Waals surface area contributed by atoms with E-state index in [1.54, 1.807) is 18.7 Å². The van der Waals surface area contributed by atoms with Gasteiger partial charge in [-0.1, -0.05) is 0 Å². The van der Waals surface area contributed by atoms with Crippen molar-refractivity contribution < 1.29 is 9.36 Å². The van der Waals surface area contributed by atoms with Gasteiger partial charge in [0.1, 0.15) is 17.7 Å². The highest BCUT2D eigenvalue weighted by molar-refractivity contribution is 7.99. The SMILES string of the molecule is CC(=O)CSc1n(C)c(C)c[n+]1C. The fourth-order valence-electron chi connectivity index (χ4n) is 1.17. The highest BCUT2D eigenvalue weighted by Crippen LogP contribution is 2.14. The summed E-state index contributed by atoms with van der Waals surface area (Å²) in [6.07, 6.45) is 2.06. The van der Waals surface area contributed by atoms with E-state index in [1.807, 2.05) is 18.7 Å². The first-order valence-electron chi connectivity index (χ1n) is 4.16. The Labute approximate surface area is 82.8 Å². The molecule has 1 aromatic heterocycles. The Balaban J connectivity index is 2.81. The number of nitrogens with zero attached hydrogens (tertiary/aromatic N) is 2. The summed E-state index contributed by atoms with van der Waals surface area (Å²) in [6, 6.07) is 0. The number of thioether (sulfide) groups is 1. The van der Waals surface area contributed by atoms with Gasteiger partial charge in [-0.3, -0.25) is 4.79 Å². The van der Waals surface area contributed by atoms with Crippen molar-refractivity contribution in [3.05, 3.63) is 11.9 Å². The third-order valence-corrected chi connectivity index (χ3v) is 3.27. The van der Waals surface area contributed by atoms with Crippen molar-refractivity contribution in [3.63, 3.8) is 0 Å². The fourth-order valence-corrected chi connectivity index (χ4v) is 2.10. The van der Waals surface area contributed by atoms with Gasteiger partial charge in [-0.2, -0.15) is 0 Å². The van der Waals surface area contributed by atoms with Crippen molar-refractivity contribution in [3.8, 4) is 0 Å². The van der Waals surface area contributed by atoms with Gasteiger partial charge in [0, 0.05) is 6.92 Å². The van der Waals surface area contributed by atoms with Crippen LogP contribution in [0.2, 0.25) is 0 Å². The molecule has 1 aromatic rings. The Bertz CT molecular complexity index is 331. The molecule has 1 rings (SSSR count). The first kappa shape index (κ1) is 10.3. The maximum Gasteiger partial charge on any atom is 0.318 e. The first-order valence-corrected chi connectivity index (χ1v) is 5.15. The molecule has 0 spiro atoms. The quantitative estimate of drug-likeness (QED) is 0.532. The standard InChI is InChI=1S/C9H15N2OS/c1-7-5-10(3)9(11(7)4)13-6-8(2)12/h5H,6H2,1-4H3/q+1. The third-order valence-electron chi connectivity index (χ3n) is 1.90. The monoisotopic (exact) mass is 199 g/mol. The Kier molecular flexibility index (Phi) is 3.14. The molecule has 0 aliphatic rings. The van der Waals surface area contributed by atoms with Crippen LogP contribution >= 0.6 is 11.8 Å². The average Bonchev–Trinajstić information content (AvgIpc) is 2.24. The van der Waals surface area contributed by atoms with Gasteiger partial charge in [-0.05, 0) is 18.7 Å². The van der Waals surface area contributed by atoms with Gasteiger partial charge < -0.3 is 0 Å². The molecule has 72 valence electrons. The summed E-state index contributed by atoms with van der Waals surface area (Å²) in [5.74, 6) is 0.759.